The van der Waals surface area contributed by atoms with Crippen LogP contribution in [-0.2, 0) is 6.42 Å². The van der Waals surface area contributed by atoms with Gasteiger partial charge in [-0.05, 0) is 56.7 Å². The zero-order chi connectivity index (χ0) is 15.4. The second kappa shape index (κ2) is 7.04. The fourth-order valence-electron chi connectivity index (χ4n) is 4.10. The molecule has 1 atom stereocenters. The summed E-state index contributed by atoms with van der Waals surface area (Å²) in [6.07, 6.45) is 11.3. The maximum atomic E-state index is 6.50. The molecule has 0 aromatic heterocycles. The van der Waals surface area contributed by atoms with Gasteiger partial charge >= 0.3 is 0 Å². The van der Waals surface area contributed by atoms with E-state index in [0.29, 0.717) is 6.04 Å². The zero-order valence-corrected chi connectivity index (χ0v) is 14.3. The van der Waals surface area contributed by atoms with Crippen LogP contribution >= 0.6 is 0 Å². The summed E-state index contributed by atoms with van der Waals surface area (Å²) in [6, 6.07) is 7.30. The van der Waals surface area contributed by atoms with Crippen LogP contribution in [0.15, 0.2) is 18.2 Å². The van der Waals surface area contributed by atoms with E-state index in [0.717, 1.165) is 25.1 Å². The quantitative estimate of drug-likeness (QED) is 0.732. The van der Waals surface area contributed by atoms with E-state index in [9.17, 15) is 0 Å². The van der Waals surface area contributed by atoms with Crippen molar-refractivity contribution in [2.45, 2.75) is 83.3 Å². The summed E-state index contributed by atoms with van der Waals surface area (Å²) in [5, 5.41) is 3.84. The monoisotopic (exact) mass is 301 g/mol. The topological polar surface area (TPSA) is 21.3 Å². The third-order valence-corrected chi connectivity index (χ3v) is 5.45. The number of nitrogens with one attached hydrogen (secondary N) is 1. The molecule has 1 aliphatic heterocycles. The minimum atomic E-state index is 0.114. The molecule has 0 saturated heterocycles. The largest absolute Gasteiger partial charge is 0.487 e. The van der Waals surface area contributed by atoms with Gasteiger partial charge in [0.1, 0.15) is 11.4 Å². The van der Waals surface area contributed by atoms with Crippen LogP contribution in [0.3, 0.4) is 0 Å². The van der Waals surface area contributed by atoms with E-state index < -0.39 is 0 Å². The highest BCUT2D eigenvalue weighted by Crippen LogP contribution is 2.47. The second-order valence-electron chi connectivity index (χ2n) is 7.14. The van der Waals surface area contributed by atoms with Gasteiger partial charge in [0.05, 0.1) is 0 Å². The maximum Gasteiger partial charge on any atom is 0.124 e. The molecule has 1 unspecified atom stereocenters. The molecule has 0 amide bonds. The van der Waals surface area contributed by atoms with Crippen molar-refractivity contribution in [2.75, 3.05) is 6.54 Å². The molecule has 3 rings (SSSR count). The van der Waals surface area contributed by atoms with Gasteiger partial charge in [0.15, 0.2) is 0 Å². The Morgan fingerprint density at radius 1 is 1.18 bits per heavy atom. The molecule has 1 aliphatic carbocycles. The van der Waals surface area contributed by atoms with Gasteiger partial charge in [0, 0.05) is 18.0 Å². The lowest BCUT2D eigenvalue weighted by molar-refractivity contribution is 0.0367. The molecule has 1 aromatic rings. The van der Waals surface area contributed by atoms with Gasteiger partial charge in [-0.25, -0.2) is 0 Å². The third-order valence-electron chi connectivity index (χ3n) is 5.45. The van der Waals surface area contributed by atoms with Crippen molar-refractivity contribution in [1.29, 1.82) is 0 Å². The summed E-state index contributed by atoms with van der Waals surface area (Å²) in [6.45, 7) is 5.63. The number of rotatable bonds is 6. The highest BCUT2D eigenvalue weighted by Gasteiger charge is 2.42. The lowest BCUT2D eigenvalue weighted by Crippen LogP contribution is -2.42. The van der Waals surface area contributed by atoms with E-state index in [1.54, 1.807) is 0 Å². The van der Waals surface area contributed by atoms with Crippen molar-refractivity contribution < 1.29 is 4.74 Å². The molecule has 2 aliphatic rings. The van der Waals surface area contributed by atoms with Crippen molar-refractivity contribution in [1.82, 2.24) is 5.32 Å². The molecule has 0 radical (unpaired) electrons. The van der Waals surface area contributed by atoms with Gasteiger partial charge in [-0.15, -0.1) is 0 Å². The number of aryl methyl sites for hydroxylation is 1. The summed E-state index contributed by atoms with van der Waals surface area (Å²) < 4.78 is 6.50. The molecule has 1 fully saturated rings. The van der Waals surface area contributed by atoms with Crippen LogP contribution in [0.1, 0.15) is 82.4 Å². The molecule has 1 spiro atoms. The van der Waals surface area contributed by atoms with Crippen LogP contribution in [0.5, 0.6) is 5.75 Å². The Morgan fingerprint density at radius 2 is 2.00 bits per heavy atom. The van der Waals surface area contributed by atoms with Crippen molar-refractivity contribution >= 4 is 0 Å². The smallest absolute Gasteiger partial charge is 0.124 e. The standard InChI is InChI=1S/C20H31NO/c1-3-5-8-13-21-18-15-20(11-6-7-12-20)22-19-10-9-16(4-2)14-17(18)19/h9-10,14,18,21H,3-8,11-13,15H2,1-2H3. The fraction of sp³-hybridized carbons (Fsp3) is 0.700. The van der Waals surface area contributed by atoms with Crippen molar-refractivity contribution in [3.05, 3.63) is 29.3 Å². The summed E-state index contributed by atoms with van der Waals surface area (Å²) in [4.78, 5) is 0. The van der Waals surface area contributed by atoms with E-state index >= 15 is 0 Å². The Labute approximate surface area is 135 Å². The normalized spacial score (nSPS) is 22.5. The lowest BCUT2D eigenvalue weighted by Gasteiger charge is -2.40. The van der Waals surface area contributed by atoms with Gasteiger partial charge in [0.25, 0.3) is 0 Å². The Hall–Kier alpha value is -1.02. The van der Waals surface area contributed by atoms with Crippen LogP contribution < -0.4 is 10.1 Å². The molecule has 1 N–H and O–H groups in total. The van der Waals surface area contributed by atoms with E-state index in [1.165, 1.54) is 56.1 Å². The first-order valence-corrected chi connectivity index (χ1v) is 9.31. The van der Waals surface area contributed by atoms with Crippen molar-refractivity contribution in [3.8, 4) is 5.75 Å². The van der Waals surface area contributed by atoms with Crippen LogP contribution in [0, 0.1) is 0 Å². The number of ether oxygens (including phenoxy) is 1. The lowest BCUT2D eigenvalue weighted by atomic mass is 9.85. The Bertz CT molecular complexity index is 490. The molecule has 122 valence electrons. The average molecular weight is 301 g/mol. The van der Waals surface area contributed by atoms with Crippen LogP contribution in [0.2, 0.25) is 0 Å². The highest BCUT2D eigenvalue weighted by molar-refractivity contribution is 5.42. The second-order valence-corrected chi connectivity index (χ2v) is 7.14. The average Bonchev–Trinajstić information content (AvgIpc) is 2.98. The summed E-state index contributed by atoms with van der Waals surface area (Å²) in [5.74, 6) is 1.14. The number of fused-ring (bicyclic) bond motifs is 1. The van der Waals surface area contributed by atoms with Crippen molar-refractivity contribution in [2.24, 2.45) is 0 Å². The molecule has 0 bridgehead atoms. The molecule has 2 heteroatoms. The van der Waals surface area contributed by atoms with Crippen LogP contribution in [0.25, 0.3) is 0 Å². The molecule has 1 saturated carbocycles. The molecule has 1 heterocycles. The molecule has 2 nitrogen and oxygen atoms in total. The van der Waals surface area contributed by atoms with Gasteiger partial charge < -0.3 is 10.1 Å². The van der Waals surface area contributed by atoms with Crippen LogP contribution in [0.4, 0.5) is 0 Å². The molecule has 1 aromatic carbocycles. The first kappa shape index (κ1) is 15.9. The number of benzene rings is 1. The minimum absolute atomic E-state index is 0.114. The van der Waals surface area contributed by atoms with Gasteiger partial charge in [0.2, 0.25) is 0 Å². The first-order chi connectivity index (χ1) is 10.8. The SMILES string of the molecule is CCCCCNC1CC2(CCCC2)Oc2ccc(CC)cc21. The molecular formula is C20H31NO. The highest BCUT2D eigenvalue weighted by atomic mass is 16.5. The van der Waals surface area contributed by atoms with Crippen LogP contribution in [-0.4, -0.2) is 12.1 Å². The van der Waals surface area contributed by atoms with Gasteiger partial charge in [-0.1, -0.05) is 38.8 Å². The zero-order valence-electron chi connectivity index (χ0n) is 14.3. The van der Waals surface area contributed by atoms with E-state index in [4.69, 9.17) is 4.74 Å². The molecule has 22 heavy (non-hydrogen) atoms. The maximum absolute atomic E-state index is 6.50. The summed E-state index contributed by atoms with van der Waals surface area (Å²) >= 11 is 0. The Morgan fingerprint density at radius 3 is 2.73 bits per heavy atom. The predicted octanol–water partition coefficient (Wildman–Crippen LogP) is 5.17. The summed E-state index contributed by atoms with van der Waals surface area (Å²) in [5.41, 5.74) is 2.93. The first-order valence-electron chi connectivity index (χ1n) is 9.31. The van der Waals surface area contributed by atoms with Gasteiger partial charge in [-0.3, -0.25) is 0 Å². The predicted molar refractivity (Wildman–Crippen MR) is 92.5 cm³/mol. The van der Waals surface area contributed by atoms with E-state index in [2.05, 4.69) is 37.4 Å². The number of hydrogen-bond donors (Lipinski definition) is 1. The van der Waals surface area contributed by atoms with E-state index in [1.807, 2.05) is 0 Å². The molecular weight excluding hydrogens is 270 g/mol. The fourth-order valence-corrected chi connectivity index (χ4v) is 4.10. The third kappa shape index (κ3) is 3.32. The van der Waals surface area contributed by atoms with Gasteiger partial charge in [-0.2, -0.15) is 0 Å². The Kier molecular flexibility index (Phi) is 5.07. The van der Waals surface area contributed by atoms with E-state index in [-0.39, 0.29) is 5.60 Å². The number of hydrogen-bond acceptors (Lipinski definition) is 2. The Balaban J connectivity index is 1.79. The number of unbranched alkanes of at least 4 members (excludes halogenated alkanes) is 2. The minimum Gasteiger partial charge on any atom is -0.487 e. The van der Waals surface area contributed by atoms with Crippen molar-refractivity contribution in [3.63, 3.8) is 0 Å². The summed E-state index contributed by atoms with van der Waals surface area (Å²) in [7, 11) is 0.